The van der Waals surface area contributed by atoms with E-state index in [2.05, 4.69) is 23.6 Å². The third-order valence-corrected chi connectivity index (χ3v) is 3.84. The van der Waals surface area contributed by atoms with Gasteiger partial charge in [0.1, 0.15) is 5.75 Å². The fourth-order valence-electron chi connectivity index (χ4n) is 2.67. The molecule has 1 aromatic rings. The van der Waals surface area contributed by atoms with E-state index in [0.29, 0.717) is 12.6 Å². The molecular weight excluding hydrogens is 288 g/mol. The molecule has 0 bridgehead atoms. The lowest BCUT2D eigenvalue weighted by atomic mass is 9.92. The first-order chi connectivity index (χ1) is 9.69. The largest absolute Gasteiger partial charge is 0.497 e. The summed E-state index contributed by atoms with van der Waals surface area (Å²) in [7, 11) is 1.67. The van der Waals surface area contributed by atoms with Gasteiger partial charge in [-0.15, -0.1) is 12.4 Å². The second-order valence-electron chi connectivity index (χ2n) is 5.47. The molecule has 0 radical (unpaired) electrons. The topological polar surface area (TPSA) is 50.4 Å². The van der Waals surface area contributed by atoms with E-state index in [9.17, 15) is 4.79 Å². The van der Waals surface area contributed by atoms with Crippen molar-refractivity contribution in [1.29, 1.82) is 0 Å². The Morgan fingerprint density at radius 3 is 3.00 bits per heavy atom. The van der Waals surface area contributed by atoms with Crippen LogP contribution in [0.15, 0.2) is 24.3 Å². The maximum Gasteiger partial charge on any atom is 0.223 e. The van der Waals surface area contributed by atoms with Crippen molar-refractivity contribution in [3.8, 4) is 5.75 Å². The van der Waals surface area contributed by atoms with E-state index < -0.39 is 0 Å². The molecule has 2 rings (SSSR count). The third kappa shape index (κ3) is 5.56. The minimum Gasteiger partial charge on any atom is -0.497 e. The van der Waals surface area contributed by atoms with Crippen LogP contribution in [0.25, 0.3) is 0 Å². The fourth-order valence-corrected chi connectivity index (χ4v) is 2.67. The summed E-state index contributed by atoms with van der Waals surface area (Å²) >= 11 is 0. The minimum absolute atomic E-state index is 0. The van der Waals surface area contributed by atoms with Crippen LogP contribution in [0.5, 0.6) is 5.75 Å². The van der Waals surface area contributed by atoms with E-state index in [-0.39, 0.29) is 24.2 Å². The van der Waals surface area contributed by atoms with E-state index in [1.54, 1.807) is 7.11 Å². The van der Waals surface area contributed by atoms with Crippen molar-refractivity contribution in [1.82, 2.24) is 10.6 Å². The molecule has 1 amide bonds. The summed E-state index contributed by atoms with van der Waals surface area (Å²) in [5.41, 5.74) is 1.18. The van der Waals surface area contributed by atoms with Crippen molar-refractivity contribution in [2.45, 2.75) is 32.2 Å². The summed E-state index contributed by atoms with van der Waals surface area (Å²) in [5.74, 6) is 1.22. The Morgan fingerprint density at radius 1 is 1.48 bits per heavy atom. The molecule has 1 heterocycles. The smallest absolute Gasteiger partial charge is 0.223 e. The average Bonchev–Trinajstić information content (AvgIpc) is 2.47. The Bertz CT molecular complexity index is 454. The Hall–Kier alpha value is -1.26. The highest BCUT2D eigenvalue weighted by molar-refractivity contribution is 5.85. The third-order valence-electron chi connectivity index (χ3n) is 3.84. The summed E-state index contributed by atoms with van der Waals surface area (Å²) in [5, 5.41) is 6.42. The quantitative estimate of drug-likeness (QED) is 0.876. The lowest BCUT2D eigenvalue weighted by Gasteiger charge is -2.27. The highest BCUT2D eigenvalue weighted by Crippen LogP contribution is 2.16. The van der Waals surface area contributed by atoms with Crippen LogP contribution in [0.3, 0.4) is 0 Å². The molecule has 1 fully saturated rings. The lowest BCUT2D eigenvalue weighted by molar-refractivity contribution is -0.126. The van der Waals surface area contributed by atoms with Gasteiger partial charge in [-0.3, -0.25) is 4.79 Å². The Morgan fingerprint density at radius 2 is 2.29 bits per heavy atom. The molecule has 4 nitrogen and oxygen atoms in total. The summed E-state index contributed by atoms with van der Waals surface area (Å²) < 4.78 is 5.19. The molecule has 1 aliphatic rings. The number of amides is 1. The standard InChI is InChI=1S/C16H24N2O2.ClH/c1-12-10-14(7-9-17-12)16(19)18-8-6-13-4-3-5-15(11-13)20-2;/h3-5,11-12,14,17H,6-10H2,1-2H3,(H,18,19);1H/t12-,14-;/m0./s1. The molecule has 1 aliphatic heterocycles. The summed E-state index contributed by atoms with van der Waals surface area (Å²) in [6.07, 6.45) is 2.71. The second kappa shape index (κ2) is 8.90. The molecule has 1 saturated heterocycles. The predicted octanol–water partition coefficient (Wildman–Crippen LogP) is 2.16. The van der Waals surface area contributed by atoms with Crippen molar-refractivity contribution in [2.75, 3.05) is 20.2 Å². The summed E-state index contributed by atoms with van der Waals surface area (Å²) in [4.78, 5) is 12.1. The van der Waals surface area contributed by atoms with E-state index in [1.807, 2.05) is 18.2 Å². The van der Waals surface area contributed by atoms with Gasteiger partial charge >= 0.3 is 0 Å². The first kappa shape index (κ1) is 17.8. The molecule has 0 saturated carbocycles. The van der Waals surface area contributed by atoms with Gasteiger partial charge in [0.05, 0.1) is 7.11 Å². The highest BCUT2D eigenvalue weighted by Gasteiger charge is 2.24. The average molecular weight is 313 g/mol. The number of methoxy groups -OCH3 is 1. The molecule has 0 spiro atoms. The highest BCUT2D eigenvalue weighted by atomic mass is 35.5. The van der Waals surface area contributed by atoms with Crippen molar-refractivity contribution in [2.24, 2.45) is 5.92 Å². The minimum atomic E-state index is 0. The van der Waals surface area contributed by atoms with Crippen molar-refractivity contribution in [3.05, 3.63) is 29.8 Å². The van der Waals surface area contributed by atoms with E-state index in [0.717, 1.165) is 31.6 Å². The maximum absolute atomic E-state index is 12.1. The van der Waals surface area contributed by atoms with E-state index in [4.69, 9.17) is 4.74 Å². The first-order valence-corrected chi connectivity index (χ1v) is 7.33. The number of piperidine rings is 1. The predicted molar refractivity (Wildman–Crippen MR) is 87.1 cm³/mol. The number of nitrogens with one attached hydrogen (secondary N) is 2. The van der Waals surface area contributed by atoms with Crippen LogP contribution in [0.4, 0.5) is 0 Å². The van der Waals surface area contributed by atoms with Gasteiger partial charge in [-0.1, -0.05) is 12.1 Å². The molecular formula is C16H25ClN2O2. The number of hydrogen-bond acceptors (Lipinski definition) is 3. The molecule has 2 N–H and O–H groups in total. The van der Waals surface area contributed by atoms with Gasteiger partial charge in [0.25, 0.3) is 0 Å². The van der Waals surface area contributed by atoms with Crippen LogP contribution in [0, 0.1) is 5.92 Å². The van der Waals surface area contributed by atoms with Gasteiger partial charge in [0, 0.05) is 18.5 Å². The monoisotopic (exact) mass is 312 g/mol. The zero-order valence-corrected chi connectivity index (χ0v) is 13.5. The summed E-state index contributed by atoms with van der Waals surface area (Å²) in [6, 6.07) is 8.42. The van der Waals surface area contributed by atoms with Crippen LogP contribution < -0.4 is 15.4 Å². The number of ether oxygens (including phenoxy) is 1. The first-order valence-electron chi connectivity index (χ1n) is 7.33. The van der Waals surface area contributed by atoms with Gasteiger partial charge in [-0.2, -0.15) is 0 Å². The van der Waals surface area contributed by atoms with Crippen LogP contribution in [0.1, 0.15) is 25.3 Å². The maximum atomic E-state index is 12.1. The van der Waals surface area contributed by atoms with Crippen LogP contribution in [-0.4, -0.2) is 32.1 Å². The van der Waals surface area contributed by atoms with Crippen molar-refractivity contribution in [3.63, 3.8) is 0 Å². The normalized spacial score (nSPS) is 21.2. The molecule has 0 aliphatic carbocycles. The number of halogens is 1. The van der Waals surface area contributed by atoms with Gasteiger partial charge < -0.3 is 15.4 Å². The zero-order chi connectivity index (χ0) is 14.4. The Kier molecular flexibility index (Phi) is 7.54. The molecule has 2 atom stereocenters. The number of hydrogen-bond donors (Lipinski definition) is 2. The molecule has 1 aromatic carbocycles. The SMILES string of the molecule is COc1cccc(CCNC(=O)[C@H]2CCN[C@@H](C)C2)c1.Cl. The number of carbonyl (C=O) groups excluding carboxylic acids is 1. The van der Waals surface area contributed by atoms with Crippen LogP contribution in [-0.2, 0) is 11.2 Å². The zero-order valence-electron chi connectivity index (χ0n) is 12.7. The Balaban J connectivity index is 0.00000220. The molecule has 5 heteroatoms. The molecule has 0 aromatic heterocycles. The summed E-state index contributed by atoms with van der Waals surface area (Å²) in [6.45, 7) is 3.76. The van der Waals surface area contributed by atoms with E-state index >= 15 is 0 Å². The lowest BCUT2D eigenvalue weighted by Crippen LogP contribution is -2.42. The van der Waals surface area contributed by atoms with Crippen LogP contribution >= 0.6 is 12.4 Å². The second-order valence-corrected chi connectivity index (χ2v) is 5.47. The molecule has 21 heavy (non-hydrogen) atoms. The number of carbonyl (C=O) groups is 1. The fraction of sp³-hybridized carbons (Fsp3) is 0.562. The van der Waals surface area contributed by atoms with Crippen LogP contribution in [0.2, 0.25) is 0 Å². The molecule has 118 valence electrons. The number of rotatable bonds is 5. The van der Waals surface area contributed by atoms with Gasteiger partial charge in [-0.25, -0.2) is 0 Å². The van der Waals surface area contributed by atoms with Gasteiger partial charge in [0.2, 0.25) is 5.91 Å². The van der Waals surface area contributed by atoms with E-state index in [1.165, 1.54) is 5.56 Å². The van der Waals surface area contributed by atoms with Gasteiger partial charge in [-0.05, 0) is 50.4 Å². The van der Waals surface area contributed by atoms with Crippen molar-refractivity contribution < 1.29 is 9.53 Å². The van der Waals surface area contributed by atoms with Crippen molar-refractivity contribution >= 4 is 18.3 Å². The Labute approximate surface area is 133 Å². The number of benzene rings is 1. The van der Waals surface area contributed by atoms with Gasteiger partial charge in [0.15, 0.2) is 0 Å². The molecule has 0 unspecified atom stereocenters.